The second kappa shape index (κ2) is 3.09. The van der Waals surface area contributed by atoms with Gasteiger partial charge in [-0.2, -0.15) is 10.5 Å². The van der Waals surface area contributed by atoms with Crippen molar-refractivity contribution in [2.45, 2.75) is 4.90 Å². The molecule has 0 N–H and O–H groups in total. The van der Waals surface area contributed by atoms with Crippen LogP contribution in [0.4, 0.5) is 0 Å². The highest BCUT2D eigenvalue weighted by molar-refractivity contribution is 7.80. The third kappa shape index (κ3) is 1.34. The third-order valence-electron chi connectivity index (χ3n) is 1.27. The Balaban J connectivity index is 3.42. The molecule has 1 rings (SSSR count). The predicted octanol–water partition coefficient (Wildman–Crippen LogP) is 1.72. The number of benzene rings is 1. The van der Waals surface area contributed by atoms with Gasteiger partial charge < -0.3 is 0 Å². The minimum atomic E-state index is 0.346. The maximum atomic E-state index is 8.58. The monoisotopic (exact) mass is 160 g/mol. The van der Waals surface area contributed by atoms with Gasteiger partial charge in [-0.05, 0) is 12.1 Å². The van der Waals surface area contributed by atoms with E-state index in [4.69, 9.17) is 10.5 Å². The molecule has 0 spiro atoms. The smallest absolute Gasteiger partial charge is 0.102 e. The topological polar surface area (TPSA) is 47.6 Å². The minimum absolute atomic E-state index is 0.346. The lowest BCUT2D eigenvalue weighted by Crippen LogP contribution is -1.83. The van der Waals surface area contributed by atoms with Gasteiger partial charge in [-0.1, -0.05) is 6.07 Å². The van der Waals surface area contributed by atoms with Crippen molar-refractivity contribution in [3.8, 4) is 12.1 Å². The van der Waals surface area contributed by atoms with Crippen LogP contribution in [-0.4, -0.2) is 0 Å². The Morgan fingerprint density at radius 2 is 1.91 bits per heavy atom. The van der Waals surface area contributed by atoms with E-state index in [9.17, 15) is 0 Å². The van der Waals surface area contributed by atoms with Gasteiger partial charge in [-0.15, -0.1) is 12.6 Å². The first kappa shape index (κ1) is 7.65. The zero-order chi connectivity index (χ0) is 8.27. The first-order valence-electron chi connectivity index (χ1n) is 2.91. The lowest BCUT2D eigenvalue weighted by atomic mass is 10.1. The zero-order valence-corrected chi connectivity index (χ0v) is 6.47. The summed E-state index contributed by atoms with van der Waals surface area (Å²) in [6, 6.07) is 8.81. The lowest BCUT2D eigenvalue weighted by Gasteiger charge is -1.95. The average Bonchev–Trinajstić information content (AvgIpc) is 2.04. The highest BCUT2D eigenvalue weighted by atomic mass is 32.1. The zero-order valence-electron chi connectivity index (χ0n) is 5.57. The number of hydrogen-bond acceptors (Lipinski definition) is 3. The molecule has 0 radical (unpaired) electrons. The summed E-state index contributed by atoms with van der Waals surface area (Å²) in [7, 11) is 0. The van der Waals surface area contributed by atoms with Crippen molar-refractivity contribution in [3.05, 3.63) is 29.3 Å². The summed E-state index contributed by atoms with van der Waals surface area (Å²) in [5.74, 6) is 0. The molecule has 0 aliphatic rings. The van der Waals surface area contributed by atoms with Crippen molar-refractivity contribution in [2.24, 2.45) is 0 Å². The molecule has 0 atom stereocenters. The van der Waals surface area contributed by atoms with Crippen molar-refractivity contribution in [2.75, 3.05) is 0 Å². The molecule has 11 heavy (non-hydrogen) atoms. The predicted molar refractivity (Wildman–Crippen MR) is 43.1 cm³/mol. The molecule has 0 bridgehead atoms. The number of thiol groups is 1. The molecule has 3 heteroatoms. The fourth-order valence-corrected chi connectivity index (χ4v) is 1.01. The van der Waals surface area contributed by atoms with E-state index < -0.39 is 0 Å². The Hall–Kier alpha value is -1.45. The first-order valence-corrected chi connectivity index (χ1v) is 3.36. The van der Waals surface area contributed by atoms with E-state index in [2.05, 4.69) is 12.6 Å². The Morgan fingerprint density at radius 1 is 1.18 bits per heavy atom. The van der Waals surface area contributed by atoms with Crippen LogP contribution >= 0.6 is 12.6 Å². The van der Waals surface area contributed by atoms with Crippen LogP contribution in [0.15, 0.2) is 23.1 Å². The van der Waals surface area contributed by atoms with Crippen LogP contribution in [0.5, 0.6) is 0 Å². The molecule has 52 valence electrons. The van der Waals surface area contributed by atoms with Crippen molar-refractivity contribution < 1.29 is 0 Å². The summed E-state index contributed by atoms with van der Waals surface area (Å²) >= 11 is 4.03. The normalized spacial score (nSPS) is 8.27. The molecule has 0 unspecified atom stereocenters. The Morgan fingerprint density at radius 3 is 2.36 bits per heavy atom. The van der Waals surface area contributed by atoms with Crippen molar-refractivity contribution in [1.82, 2.24) is 0 Å². The van der Waals surface area contributed by atoms with E-state index in [-0.39, 0.29) is 0 Å². The molecule has 0 aliphatic carbocycles. The van der Waals surface area contributed by atoms with Crippen LogP contribution in [0.25, 0.3) is 0 Å². The SMILES string of the molecule is N#Cc1cccc(S)c1C#N. The maximum Gasteiger partial charge on any atom is 0.102 e. The van der Waals surface area contributed by atoms with Crippen LogP contribution in [0, 0.1) is 22.7 Å². The van der Waals surface area contributed by atoms with E-state index in [1.807, 2.05) is 12.1 Å². The Labute approximate surface area is 70.1 Å². The third-order valence-corrected chi connectivity index (χ3v) is 1.65. The largest absolute Gasteiger partial charge is 0.192 e. The van der Waals surface area contributed by atoms with Gasteiger partial charge in [0, 0.05) is 4.90 Å². The summed E-state index contributed by atoms with van der Waals surface area (Å²) in [6.07, 6.45) is 0. The fourth-order valence-electron chi connectivity index (χ4n) is 0.751. The van der Waals surface area contributed by atoms with Gasteiger partial charge in [0.15, 0.2) is 0 Å². The molecule has 0 saturated heterocycles. The van der Waals surface area contributed by atoms with Gasteiger partial charge in [0.05, 0.1) is 11.1 Å². The average molecular weight is 160 g/mol. The summed E-state index contributed by atoms with van der Waals surface area (Å²) in [6.45, 7) is 0. The lowest BCUT2D eigenvalue weighted by molar-refractivity contribution is 1.34. The second-order valence-corrected chi connectivity index (χ2v) is 2.41. The van der Waals surface area contributed by atoms with Crippen LogP contribution < -0.4 is 0 Å². The van der Waals surface area contributed by atoms with E-state index in [0.29, 0.717) is 16.0 Å². The van der Waals surface area contributed by atoms with Crippen LogP contribution in [0.2, 0.25) is 0 Å². The van der Waals surface area contributed by atoms with Gasteiger partial charge in [-0.3, -0.25) is 0 Å². The highest BCUT2D eigenvalue weighted by Gasteiger charge is 2.02. The van der Waals surface area contributed by atoms with Crippen molar-refractivity contribution in [1.29, 1.82) is 10.5 Å². The molecule has 1 aromatic carbocycles. The summed E-state index contributed by atoms with van der Waals surface area (Å²) in [5, 5.41) is 17.1. The molecule has 0 aromatic heterocycles. The van der Waals surface area contributed by atoms with E-state index in [1.54, 1.807) is 18.2 Å². The van der Waals surface area contributed by atoms with Crippen molar-refractivity contribution in [3.63, 3.8) is 0 Å². The first-order chi connectivity index (χ1) is 5.29. The minimum Gasteiger partial charge on any atom is -0.192 e. The molecule has 0 saturated carbocycles. The molecule has 2 nitrogen and oxygen atoms in total. The highest BCUT2D eigenvalue weighted by Crippen LogP contribution is 2.15. The molecule has 0 aliphatic heterocycles. The quantitative estimate of drug-likeness (QED) is 0.587. The van der Waals surface area contributed by atoms with Crippen LogP contribution in [-0.2, 0) is 0 Å². The van der Waals surface area contributed by atoms with Gasteiger partial charge >= 0.3 is 0 Å². The summed E-state index contributed by atoms with van der Waals surface area (Å²) in [4.78, 5) is 0.548. The van der Waals surface area contributed by atoms with Gasteiger partial charge in [0.1, 0.15) is 12.1 Å². The van der Waals surface area contributed by atoms with Gasteiger partial charge in [0.25, 0.3) is 0 Å². The molecule has 0 fully saturated rings. The van der Waals surface area contributed by atoms with E-state index in [1.165, 1.54) is 0 Å². The van der Waals surface area contributed by atoms with E-state index >= 15 is 0 Å². The molecular weight excluding hydrogens is 156 g/mol. The van der Waals surface area contributed by atoms with Crippen molar-refractivity contribution >= 4 is 12.6 Å². The van der Waals surface area contributed by atoms with Gasteiger partial charge in [-0.25, -0.2) is 0 Å². The molecule has 0 amide bonds. The number of hydrogen-bond donors (Lipinski definition) is 1. The van der Waals surface area contributed by atoms with Crippen LogP contribution in [0.3, 0.4) is 0 Å². The molecular formula is C8H4N2S. The van der Waals surface area contributed by atoms with E-state index in [0.717, 1.165) is 0 Å². The standard InChI is InChI=1S/C8H4N2S/c9-4-6-2-1-3-8(11)7(6)5-10/h1-3,11H. The summed E-state index contributed by atoms with van der Waals surface area (Å²) < 4.78 is 0. The summed E-state index contributed by atoms with van der Waals surface area (Å²) in [5.41, 5.74) is 0.721. The fraction of sp³-hybridized carbons (Fsp3) is 0. The number of nitrogens with zero attached hydrogens (tertiary/aromatic N) is 2. The van der Waals surface area contributed by atoms with Gasteiger partial charge in [0.2, 0.25) is 0 Å². The maximum absolute atomic E-state index is 8.58. The Kier molecular flexibility index (Phi) is 2.15. The second-order valence-electron chi connectivity index (χ2n) is 1.92. The number of rotatable bonds is 0. The number of nitriles is 2. The molecule has 0 heterocycles. The molecule has 1 aromatic rings. The Bertz CT molecular complexity index is 357. The van der Waals surface area contributed by atoms with Crippen LogP contribution in [0.1, 0.15) is 11.1 Å².